The third-order valence-electron chi connectivity index (χ3n) is 10.8. The molecule has 0 amide bonds. The van der Waals surface area contributed by atoms with E-state index in [0.29, 0.717) is 63.2 Å². The van der Waals surface area contributed by atoms with Crippen molar-refractivity contribution in [2.75, 3.05) is 0 Å². The Balaban J connectivity index is 0.000000327. The second kappa shape index (κ2) is 22.6. The Morgan fingerprint density at radius 1 is 0.483 bits per heavy atom. The molecule has 0 heterocycles. The van der Waals surface area contributed by atoms with Crippen LogP contribution in [0.15, 0.2) is 77.3 Å². The van der Waals surface area contributed by atoms with Crippen LogP contribution in [0.3, 0.4) is 0 Å². The van der Waals surface area contributed by atoms with E-state index in [9.17, 15) is 26.3 Å². The van der Waals surface area contributed by atoms with Crippen LogP contribution in [0.1, 0.15) is 94.2 Å². The highest BCUT2D eigenvalue weighted by atomic mass is 79.9. The number of benzene rings is 4. The molecule has 0 atom stereocenters. The van der Waals surface area contributed by atoms with Gasteiger partial charge >= 0.3 is 7.69 Å². The zero-order valence-electron chi connectivity index (χ0n) is 35.5. The third kappa shape index (κ3) is 12.9. The van der Waals surface area contributed by atoms with E-state index < -0.39 is 45.2 Å². The first kappa shape index (κ1) is 50.5. The fourth-order valence-electron chi connectivity index (χ4n) is 7.89. The van der Waals surface area contributed by atoms with Crippen LogP contribution in [-0.2, 0) is 0 Å². The molecule has 1 N–H and O–H groups in total. The topological polar surface area (TPSA) is 29.5 Å². The van der Waals surface area contributed by atoms with Crippen LogP contribution in [-0.4, -0.2) is 28.9 Å². The maximum atomic E-state index is 14.6. The van der Waals surface area contributed by atoms with Crippen molar-refractivity contribution in [3.63, 3.8) is 0 Å². The minimum atomic E-state index is -1.94. The van der Waals surface area contributed by atoms with Gasteiger partial charge in [-0.3, -0.25) is 0 Å². The predicted molar refractivity (Wildman–Crippen MR) is 237 cm³/mol. The maximum absolute atomic E-state index is 14.6. The Labute approximate surface area is 353 Å². The molecular weight excluding hydrogens is 845 g/mol. The standard InChI is InChI=1S/C23H27F3Si.C17H24BrFSi.C6H4BF2O2/c1-15(2)27(16(3)4,17(5)6)12-11-18-7-8-19(13-22(18)25)20-9-10-21(24)23(26)14-20;1-12(2)20(13(3)4,14(5)6)10-9-15-7-8-16(18)11-17(15)19;8-5-2-1-4(11-7-10)3-6(5)9/h7-10,13-17H,1-6H3;7-8,11-14H,1-6H3;1-3,10H. The molecule has 2 nitrogen and oxygen atoms in total. The van der Waals surface area contributed by atoms with E-state index in [0.717, 1.165) is 28.7 Å². The van der Waals surface area contributed by atoms with Gasteiger partial charge in [-0.15, -0.1) is 11.1 Å². The molecular formula is C46H55BBrF6O2Si2. The molecule has 0 saturated heterocycles. The van der Waals surface area contributed by atoms with Crippen LogP contribution in [0.4, 0.5) is 26.3 Å². The molecule has 12 heteroatoms. The van der Waals surface area contributed by atoms with Crippen LogP contribution < -0.4 is 4.65 Å². The Kier molecular flexibility index (Phi) is 19.7. The average Bonchev–Trinajstić information content (AvgIpc) is 3.12. The monoisotopic (exact) mass is 899 g/mol. The summed E-state index contributed by atoms with van der Waals surface area (Å²) < 4.78 is 84.8. The van der Waals surface area contributed by atoms with Gasteiger partial charge < -0.3 is 9.68 Å². The van der Waals surface area contributed by atoms with Gasteiger partial charge in [-0.05, 0) is 99.0 Å². The van der Waals surface area contributed by atoms with E-state index in [4.69, 9.17) is 5.02 Å². The lowest BCUT2D eigenvalue weighted by molar-refractivity contribution is 0.445. The molecule has 4 rings (SSSR count). The smallest absolute Gasteiger partial charge is 0.537 e. The maximum Gasteiger partial charge on any atom is 0.569 e. The Hall–Kier alpha value is -3.68. The zero-order valence-corrected chi connectivity index (χ0v) is 39.1. The largest absolute Gasteiger partial charge is 0.569 e. The molecule has 311 valence electrons. The number of halogens is 7. The van der Waals surface area contributed by atoms with Gasteiger partial charge in [0.05, 0.1) is 11.1 Å². The van der Waals surface area contributed by atoms with Crippen LogP contribution in [0.2, 0.25) is 33.2 Å². The van der Waals surface area contributed by atoms with Crippen molar-refractivity contribution in [3.8, 4) is 39.8 Å². The lowest BCUT2D eigenvalue weighted by Gasteiger charge is -2.38. The van der Waals surface area contributed by atoms with Gasteiger partial charge in [-0.25, -0.2) is 26.3 Å². The lowest BCUT2D eigenvalue weighted by atomic mass is 10.0. The molecule has 4 aromatic rings. The van der Waals surface area contributed by atoms with Gasteiger partial charge in [0.1, 0.15) is 33.5 Å². The molecule has 0 unspecified atom stereocenters. The minimum Gasteiger partial charge on any atom is -0.537 e. The van der Waals surface area contributed by atoms with Gasteiger partial charge in [0, 0.05) is 10.5 Å². The first-order valence-electron chi connectivity index (χ1n) is 19.4. The summed E-state index contributed by atoms with van der Waals surface area (Å²) in [6, 6.07) is 16.2. The summed E-state index contributed by atoms with van der Waals surface area (Å²) in [6.45, 7) is 26.8. The normalized spacial score (nSPS) is 11.4. The van der Waals surface area contributed by atoms with Crippen LogP contribution in [0, 0.1) is 57.8 Å². The first-order chi connectivity index (χ1) is 27.0. The third-order valence-corrected chi connectivity index (χ3v) is 23.9. The summed E-state index contributed by atoms with van der Waals surface area (Å²) in [6.07, 6.45) is 0. The molecule has 0 aliphatic heterocycles. The average molecular weight is 901 g/mol. The second-order valence-corrected chi connectivity index (χ2v) is 28.1. The van der Waals surface area contributed by atoms with Crippen molar-refractivity contribution in [2.24, 2.45) is 0 Å². The van der Waals surface area contributed by atoms with Crippen molar-refractivity contribution in [1.82, 2.24) is 0 Å². The first-order valence-corrected chi connectivity index (χ1v) is 24.6. The Bertz CT molecular complexity index is 2060. The van der Waals surface area contributed by atoms with E-state index in [1.807, 2.05) is 6.07 Å². The summed E-state index contributed by atoms with van der Waals surface area (Å²) in [4.78, 5) is 0. The van der Waals surface area contributed by atoms with Crippen molar-refractivity contribution in [1.29, 1.82) is 0 Å². The molecule has 0 bridgehead atoms. The summed E-state index contributed by atoms with van der Waals surface area (Å²) in [5, 5.41) is 8.12. The SMILES string of the molecule is CC(C)[Si](C#Cc1ccc(-c2ccc(F)c(F)c2)cc1F)(C(C)C)C(C)C.CC(C)[Si](C#Cc1ccc(Br)cc1F)(C(C)C)C(C)C.O[B]Oc1ccc(F)c(F)c1. The van der Waals surface area contributed by atoms with Crippen molar-refractivity contribution in [3.05, 3.63) is 123 Å². The summed E-state index contributed by atoms with van der Waals surface area (Å²) in [7, 11) is -3.33. The molecule has 0 saturated carbocycles. The highest BCUT2D eigenvalue weighted by Gasteiger charge is 2.42. The number of hydrogen-bond donors (Lipinski definition) is 1. The predicted octanol–water partition coefficient (Wildman–Crippen LogP) is 14.4. The molecule has 0 aliphatic rings. The highest BCUT2D eigenvalue weighted by Crippen LogP contribution is 2.42. The van der Waals surface area contributed by atoms with Crippen LogP contribution in [0.25, 0.3) is 11.1 Å². The number of hydrogen-bond acceptors (Lipinski definition) is 2. The fourth-order valence-corrected chi connectivity index (χ4v) is 18.7. The van der Waals surface area contributed by atoms with Gasteiger partial charge in [-0.1, -0.05) is 123 Å². The molecule has 4 aromatic carbocycles. The summed E-state index contributed by atoms with van der Waals surface area (Å²) in [5.41, 5.74) is 11.9. The number of rotatable bonds is 9. The molecule has 1 radical (unpaired) electrons. The Morgan fingerprint density at radius 2 is 0.845 bits per heavy atom. The summed E-state index contributed by atoms with van der Waals surface area (Å²) in [5.74, 6) is 1.78. The van der Waals surface area contributed by atoms with Crippen molar-refractivity contribution >= 4 is 39.8 Å². The zero-order chi connectivity index (χ0) is 44.1. The molecule has 0 aromatic heterocycles. The van der Waals surface area contributed by atoms with Gasteiger partial charge in [0.25, 0.3) is 0 Å². The van der Waals surface area contributed by atoms with Gasteiger partial charge in [0.2, 0.25) is 0 Å². The Morgan fingerprint density at radius 3 is 1.21 bits per heavy atom. The van der Waals surface area contributed by atoms with E-state index in [1.165, 1.54) is 24.3 Å². The van der Waals surface area contributed by atoms with Crippen molar-refractivity contribution < 1.29 is 36.0 Å². The van der Waals surface area contributed by atoms with E-state index in [2.05, 4.69) is 127 Å². The molecule has 0 spiro atoms. The fraction of sp³-hybridized carbons (Fsp3) is 0.391. The second-order valence-electron chi connectivity index (χ2n) is 16.0. The van der Waals surface area contributed by atoms with Crippen molar-refractivity contribution in [2.45, 2.75) is 116 Å². The lowest BCUT2D eigenvalue weighted by Crippen LogP contribution is -2.43. The van der Waals surface area contributed by atoms with Gasteiger partial charge in [-0.2, -0.15) is 0 Å². The highest BCUT2D eigenvalue weighted by molar-refractivity contribution is 9.10. The van der Waals surface area contributed by atoms with Crippen LogP contribution in [0.5, 0.6) is 5.75 Å². The quantitative estimate of drug-likeness (QED) is 0.103. The minimum absolute atomic E-state index is 0.0476. The molecule has 0 fully saturated rings. The summed E-state index contributed by atoms with van der Waals surface area (Å²) >= 11 is 3.28. The van der Waals surface area contributed by atoms with Crippen LogP contribution >= 0.6 is 15.9 Å². The van der Waals surface area contributed by atoms with E-state index in [1.54, 1.807) is 18.2 Å². The molecule has 0 aliphatic carbocycles. The van der Waals surface area contributed by atoms with E-state index in [-0.39, 0.29) is 11.6 Å². The van der Waals surface area contributed by atoms with E-state index >= 15 is 0 Å². The molecule has 58 heavy (non-hydrogen) atoms. The van der Waals surface area contributed by atoms with Gasteiger partial charge in [0.15, 0.2) is 23.3 Å².